The zero-order valence-corrected chi connectivity index (χ0v) is 15.3. The molecule has 23 heavy (non-hydrogen) atoms. The molecule has 0 radical (unpaired) electrons. The molecule has 122 valence electrons. The Hall–Kier alpha value is -0.910. The fourth-order valence-corrected chi connectivity index (χ4v) is 4.27. The van der Waals surface area contributed by atoms with Gasteiger partial charge in [-0.15, -0.1) is 0 Å². The van der Waals surface area contributed by atoms with Gasteiger partial charge in [0.15, 0.2) is 0 Å². The van der Waals surface area contributed by atoms with Crippen LogP contribution in [0.25, 0.3) is 10.9 Å². The standard InChI is InChI=1S/C17H18BrClN2O2/c1-17(4-6-23-7-5-17)16-20-14-12(8-10(19)9-13(14)18)15(22)21(16)11-2-3-11/h8-9,11H,2-7H2,1H3. The fourth-order valence-electron chi connectivity index (χ4n) is 3.37. The second-order valence-corrected chi connectivity index (χ2v) is 8.09. The summed E-state index contributed by atoms with van der Waals surface area (Å²) in [5, 5.41) is 1.14. The van der Waals surface area contributed by atoms with Crippen LogP contribution in [0.2, 0.25) is 5.02 Å². The lowest BCUT2D eigenvalue weighted by Crippen LogP contribution is -2.38. The van der Waals surface area contributed by atoms with E-state index >= 15 is 0 Å². The highest BCUT2D eigenvalue weighted by atomic mass is 79.9. The highest BCUT2D eigenvalue weighted by Gasteiger charge is 2.38. The summed E-state index contributed by atoms with van der Waals surface area (Å²) in [7, 11) is 0. The summed E-state index contributed by atoms with van der Waals surface area (Å²) >= 11 is 9.65. The van der Waals surface area contributed by atoms with E-state index in [0.717, 1.165) is 49.2 Å². The predicted octanol–water partition coefficient (Wildman–Crippen LogP) is 4.22. The van der Waals surface area contributed by atoms with Gasteiger partial charge in [0, 0.05) is 34.2 Å². The first-order chi connectivity index (χ1) is 11.0. The molecule has 0 amide bonds. The third kappa shape index (κ3) is 2.63. The molecule has 1 aromatic carbocycles. The molecule has 1 aliphatic carbocycles. The van der Waals surface area contributed by atoms with Crippen molar-refractivity contribution in [1.29, 1.82) is 0 Å². The van der Waals surface area contributed by atoms with Crippen molar-refractivity contribution in [2.45, 2.75) is 44.1 Å². The minimum Gasteiger partial charge on any atom is -0.381 e. The Kier molecular flexibility index (Phi) is 3.78. The smallest absolute Gasteiger partial charge is 0.261 e. The third-order valence-corrected chi connectivity index (χ3v) is 5.79. The molecule has 6 heteroatoms. The van der Waals surface area contributed by atoms with E-state index in [1.54, 1.807) is 12.1 Å². The second-order valence-electron chi connectivity index (χ2n) is 6.80. The van der Waals surface area contributed by atoms with Gasteiger partial charge in [-0.3, -0.25) is 9.36 Å². The normalized spacial score (nSPS) is 20.8. The Morgan fingerprint density at radius 3 is 2.70 bits per heavy atom. The van der Waals surface area contributed by atoms with Crippen LogP contribution in [0.1, 0.15) is 44.5 Å². The number of benzene rings is 1. The van der Waals surface area contributed by atoms with E-state index in [1.165, 1.54) is 0 Å². The van der Waals surface area contributed by atoms with E-state index in [2.05, 4.69) is 22.9 Å². The molecule has 0 atom stereocenters. The topological polar surface area (TPSA) is 44.1 Å². The zero-order valence-electron chi connectivity index (χ0n) is 12.9. The van der Waals surface area contributed by atoms with Gasteiger partial charge in [0.1, 0.15) is 5.82 Å². The van der Waals surface area contributed by atoms with Crippen LogP contribution in [-0.2, 0) is 10.2 Å². The molecular formula is C17H18BrClN2O2. The predicted molar refractivity (Wildman–Crippen MR) is 94.4 cm³/mol. The zero-order chi connectivity index (χ0) is 16.2. The van der Waals surface area contributed by atoms with Crippen molar-refractivity contribution < 1.29 is 4.74 Å². The summed E-state index contributed by atoms with van der Waals surface area (Å²) in [6, 6.07) is 3.81. The molecule has 1 aromatic heterocycles. The maximum absolute atomic E-state index is 13.1. The largest absolute Gasteiger partial charge is 0.381 e. The van der Waals surface area contributed by atoms with Gasteiger partial charge in [0.05, 0.1) is 10.9 Å². The van der Waals surface area contributed by atoms with Crippen LogP contribution >= 0.6 is 27.5 Å². The monoisotopic (exact) mass is 396 g/mol. The van der Waals surface area contributed by atoms with Gasteiger partial charge in [-0.2, -0.15) is 0 Å². The minimum atomic E-state index is -0.118. The number of aromatic nitrogens is 2. The van der Waals surface area contributed by atoms with E-state index in [-0.39, 0.29) is 17.0 Å². The number of hydrogen-bond donors (Lipinski definition) is 0. The van der Waals surface area contributed by atoms with Crippen molar-refractivity contribution in [3.05, 3.63) is 37.8 Å². The number of ether oxygens (including phenoxy) is 1. The molecule has 1 aliphatic heterocycles. The van der Waals surface area contributed by atoms with Gasteiger partial charge in [-0.25, -0.2) is 4.98 Å². The quantitative estimate of drug-likeness (QED) is 0.762. The second kappa shape index (κ2) is 5.57. The number of halogens is 2. The van der Waals surface area contributed by atoms with Gasteiger partial charge >= 0.3 is 0 Å². The van der Waals surface area contributed by atoms with E-state index in [1.807, 2.05) is 4.57 Å². The average Bonchev–Trinajstić information content (AvgIpc) is 3.33. The lowest BCUT2D eigenvalue weighted by atomic mass is 9.81. The number of nitrogens with zero attached hydrogens (tertiary/aromatic N) is 2. The van der Waals surface area contributed by atoms with Crippen LogP contribution in [0.5, 0.6) is 0 Å². The number of rotatable bonds is 2. The molecule has 4 rings (SSSR count). The highest BCUT2D eigenvalue weighted by molar-refractivity contribution is 9.10. The molecule has 0 spiro atoms. The van der Waals surface area contributed by atoms with Gasteiger partial charge in [-0.1, -0.05) is 18.5 Å². The summed E-state index contributed by atoms with van der Waals surface area (Å²) < 4.78 is 8.22. The van der Waals surface area contributed by atoms with E-state index in [0.29, 0.717) is 15.9 Å². The van der Waals surface area contributed by atoms with E-state index in [4.69, 9.17) is 21.3 Å². The fraction of sp³-hybridized carbons (Fsp3) is 0.529. The van der Waals surface area contributed by atoms with E-state index < -0.39 is 0 Å². The Balaban J connectivity index is 2.03. The van der Waals surface area contributed by atoms with Crippen molar-refractivity contribution in [3.8, 4) is 0 Å². The summed E-state index contributed by atoms with van der Waals surface area (Å²) in [5.41, 5.74) is 0.621. The molecule has 1 saturated carbocycles. The average molecular weight is 398 g/mol. The lowest BCUT2D eigenvalue weighted by Gasteiger charge is -2.34. The van der Waals surface area contributed by atoms with Crippen molar-refractivity contribution >= 4 is 38.4 Å². The first-order valence-corrected chi connectivity index (χ1v) is 9.16. The summed E-state index contributed by atoms with van der Waals surface area (Å²) in [6.07, 6.45) is 3.88. The highest BCUT2D eigenvalue weighted by Crippen LogP contribution is 2.41. The molecule has 4 nitrogen and oxygen atoms in total. The number of fused-ring (bicyclic) bond motifs is 1. The van der Waals surface area contributed by atoms with Gasteiger partial charge in [0.2, 0.25) is 0 Å². The molecule has 1 saturated heterocycles. The SMILES string of the molecule is CC1(c2nc3c(Br)cc(Cl)cc3c(=O)n2C2CC2)CCOCC1. The molecule has 2 aromatic rings. The van der Waals surface area contributed by atoms with Gasteiger partial charge < -0.3 is 4.74 Å². The molecular weight excluding hydrogens is 380 g/mol. The number of hydrogen-bond acceptors (Lipinski definition) is 3. The van der Waals surface area contributed by atoms with Crippen molar-refractivity contribution in [1.82, 2.24) is 9.55 Å². The first-order valence-electron chi connectivity index (χ1n) is 7.99. The van der Waals surface area contributed by atoms with Crippen LogP contribution < -0.4 is 5.56 Å². The van der Waals surface area contributed by atoms with Crippen molar-refractivity contribution in [2.24, 2.45) is 0 Å². The molecule has 2 aliphatic rings. The Labute approximate surface area is 147 Å². The Morgan fingerprint density at radius 1 is 1.35 bits per heavy atom. The van der Waals surface area contributed by atoms with Crippen LogP contribution in [0, 0.1) is 0 Å². The molecule has 0 N–H and O–H groups in total. The van der Waals surface area contributed by atoms with Crippen molar-refractivity contribution in [3.63, 3.8) is 0 Å². The molecule has 0 bridgehead atoms. The van der Waals surface area contributed by atoms with Gasteiger partial charge in [-0.05, 0) is 53.7 Å². The van der Waals surface area contributed by atoms with Crippen LogP contribution in [0.15, 0.2) is 21.4 Å². The van der Waals surface area contributed by atoms with Crippen LogP contribution in [-0.4, -0.2) is 22.8 Å². The molecule has 2 fully saturated rings. The van der Waals surface area contributed by atoms with E-state index in [9.17, 15) is 4.79 Å². The molecule has 0 unspecified atom stereocenters. The Bertz CT molecular complexity index is 839. The van der Waals surface area contributed by atoms with Crippen LogP contribution in [0.3, 0.4) is 0 Å². The summed E-state index contributed by atoms with van der Waals surface area (Å²) in [6.45, 7) is 3.64. The van der Waals surface area contributed by atoms with Gasteiger partial charge in [0.25, 0.3) is 5.56 Å². The lowest BCUT2D eigenvalue weighted by molar-refractivity contribution is 0.0519. The van der Waals surface area contributed by atoms with Crippen molar-refractivity contribution in [2.75, 3.05) is 13.2 Å². The molecule has 2 heterocycles. The Morgan fingerprint density at radius 2 is 2.04 bits per heavy atom. The first kappa shape index (κ1) is 15.6. The minimum absolute atomic E-state index is 0.0309. The van der Waals surface area contributed by atoms with Crippen LogP contribution in [0.4, 0.5) is 0 Å². The maximum Gasteiger partial charge on any atom is 0.261 e. The third-order valence-electron chi connectivity index (χ3n) is 4.97. The maximum atomic E-state index is 13.1. The summed E-state index contributed by atoms with van der Waals surface area (Å²) in [4.78, 5) is 18.1. The summed E-state index contributed by atoms with van der Waals surface area (Å²) in [5.74, 6) is 0.906.